The molecule has 1 fully saturated rings. The van der Waals surface area contributed by atoms with Gasteiger partial charge in [-0.2, -0.15) is 0 Å². The lowest BCUT2D eigenvalue weighted by atomic mass is 9.94. The van der Waals surface area contributed by atoms with Crippen molar-refractivity contribution in [3.63, 3.8) is 0 Å². The van der Waals surface area contributed by atoms with E-state index >= 15 is 0 Å². The van der Waals surface area contributed by atoms with Crippen LogP contribution in [0.15, 0.2) is 41.3 Å². The summed E-state index contributed by atoms with van der Waals surface area (Å²) in [6.07, 6.45) is 3.07. The summed E-state index contributed by atoms with van der Waals surface area (Å²) in [4.78, 5) is 0.0869. The number of aliphatic hydroxyl groups is 1. The van der Waals surface area contributed by atoms with Crippen molar-refractivity contribution in [3.8, 4) is 5.75 Å². The molecule has 180 valence electrons. The number of ether oxygens (including phenoxy) is 1. The number of hydrogen-bond acceptors (Lipinski definition) is 6. The molecule has 7 nitrogen and oxygen atoms in total. The zero-order chi connectivity index (χ0) is 23.8. The lowest BCUT2D eigenvalue weighted by Crippen LogP contribution is -2.43. The molecular formula is C24H31NO6S2. The van der Waals surface area contributed by atoms with E-state index < -0.39 is 32.6 Å². The monoisotopic (exact) mass is 493 g/mol. The van der Waals surface area contributed by atoms with Crippen molar-refractivity contribution in [1.29, 1.82) is 0 Å². The first-order valence-corrected chi connectivity index (χ1v) is 14.7. The molecule has 2 unspecified atom stereocenters. The minimum atomic E-state index is -3.88. The zero-order valence-electron chi connectivity index (χ0n) is 19.0. The predicted molar refractivity (Wildman–Crippen MR) is 128 cm³/mol. The Kier molecular flexibility index (Phi) is 6.75. The SMILES string of the molecule is CCc1ccc2c(c1)CCC(CC)N2S(=O)(=O)c1ccc(OC2CCS(=O)(=O)C2)c(CO)c1. The number of rotatable bonds is 7. The van der Waals surface area contributed by atoms with E-state index in [0.717, 1.165) is 24.8 Å². The highest BCUT2D eigenvalue weighted by Gasteiger charge is 2.36. The van der Waals surface area contributed by atoms with Gasteiger partial charge in [0.1, 0.15) is 11.9 Å². The Hall–Kier alpha value is -2.10. The van der Waals surface area contributed by atoms with Gasteiger partial charge in [0.2, 0.25) is 0 Å². The smallest absolute Gasteiger partial charge is 0.264 e. The molecule has 2 aliphatic rings. The molecule has 2 aliphatic heterocycles. The molecule has 0 bridgehead atoms. The fraction of sp³-hybridized carbons (Fsp3) is 0.500. The maximum absolute atomic E-state index is 13.8. The van der Waals surface area contributed by atoms with Crippen LogP contribution in [-0.2, 0) is 39.3 Å². The Morgan fingerprint density at radius 2 is 1.91 bits per heavy atom. The minimum Gasteiger partial charge on any atom is -0.489 e. The van der Waals surface area contributed by atoms with Crippen molar-refractivity contribution in [1.82, 2.24) is 0 Å². The summed E-state index contributed by atoms with van der Waals surface area (Å²) in [5, 5.41) is 9.90. The number of anilines is 1. The van der Waals surface area contributed by atoms with Crippen LogP contribution in [0.3, 0.4) is 0 Å². The molecule has 0 aromatic heterocycles. The third-order valence-corrected chi connectivity index (χ3v) is 10.2. The van der Waals surface area contributed by atoms with E-state index in [1.165, 1.54) is 28.1 Å². The van der Waals surface area contributed by atoms with Gasteiger partial charge in [0.25, 0.3) is 10.0 Å². The number of nitrogens with zero attached hydrogens (tertiary/aromatic N) is 1. The fourth-order valence-electron chi connectivity index (χ4n) is 4.71. The molecule has 1 saturated heterocycles. The van der Waals surface area contributed by atoms with Crippen LogP contribution in [0.4, 0.5) is 5.69 Å². The highest BCUT2D eigenvalue weighted by Crippen LogP contribution is 2.38. The van der Waals surface area contributed by atoms with Crippen LogP contribution >= 0.6 is 0 Å². The van der Waals surface area contributed by atoms with E-state index in [1.807, 2.05) is 19.1 Å². The summed E-state index contributed by atoms with van der Waals surface area (Å²) < 4.78 is 58.4. The van der Waals surface area contributed by atoms with Crippen LogP contribution in [0, 0.1) is 0 Å². The molecule has 0 radical (unpaired) electrons. The molecule has 2 heterocycles. The van der Waals surface area contributed by atoms with Gasteiger partial charge in [0.05, 0.1) is 28.7 Å². The molecule has 0 amide bonds. The van der Waals surface area contributed by atoms with Crippen LogP contribution in [0.1, 0.15) is 49.8 Å². The standard InChI is InChI=1S/C24H31NO6S2/c1-3-17-5-9-23-18(13-17)6-7-20(4-2)25(23)33(29,30)22-8-10-24(19(14-22)15-26)31-21-11-12-32(27,28)16-21/h5,8-10,13-14,20-21,26H,3-4,6-7,11-12,15-16H2,1-2H3. The average Bonchev–Trinajstić information content (AvgIpc) is 3.15. The molecule has 0 aliphatic carbocycles. The van der Waals surface area contributed by atoms with Crippen LogP contribution in [-0.4, -0.2) is 45.6 Å². The van der Waals surface area contributed by atoms with Crippen LogP contribution in [0.25, 0.3) is 0 Å². The van der Waals surface area contributed by atoms with E-state index in [4.69, 9.17) is 4.74 Å². The highest BCUT2D eigenvalue weighted by atomic mass is 32.2. The van der Waals surface area contributed by atoms with Crippen LogP contribution in [0.5, 0.6) is 5.75 Å². The maximum atomic E-state index is 13.8. The third-order valence-electron chi connectivity index (χ3n) is 6.58. The van der Waals surface area contributed by atoms with Crippen LogP contribution < -0.4 is 9.04 Å². The third kappa shape index (κ3) is 4.76. The number of sulfonamides is 1. The van der Waals surface area contributed by atoms with Gasteiger partial charge in [0, 0.05) is 11.6 Å². The summed E-state index contributed by atoms with van der Waals surface area (Å²) >= 11 is 0. The van der Waals surface area contributed by atoms with E-state index in [1.54, 1.807) is 0 Å². The Morgan fingerprint density at radius 3 is 2.55 bits per heavy atom. The second kappa shape index (κ2) is 9.27. The normalized spacial score (nSPS) is 22.2. The molecule has 2 atom stereocenters. The van der Waals surface area contributed by atoms with Crippen molar-refractivity contribution in [2.24, 2.45) is 0 Å². The largest absolute Gasteiger partial charge is 0.489 e. The summed E-state index contributed by atoms with van der Waals surface area (Å²) in [6, 6.07) is 10.3. The number of aliphatic hydroxyl groups excluding tert-OH is 1. The number of sulfone groups is 1. The summed E-state index contributed by atoms with van der Waals surface area (Å²) in [7, 11) is -6.99. The molecule has 2 aromatic rings. The molecule has 9 heteroatoms. The van der Waals surface area contributed by atoms with Gasteiger partial charge in [-0.1, -0.05) is 26.0 Å². The molecule has 2 aromatic carbocycles. The average molecular weight is 494 g/mol. The second-order valence-corrected chi connectivity index (χ2v) is 12.8. The maximum Gasteiger partial charge on any atom is 0.264 e. The van der Waals surface area contributed by atoms with E-state index in [0.29, 0.717) is 29.8 Å². The van der Waals surface area contributed by atoms with Crippen molar-refractivity contribution >= 4 is 25.5 Å². The number of aryl methyl sites for hydroxylation is 2. The lowest BCUT2D eigenvalue weighted by Gasteiger charge is -2.37. The fourth-order valence-corrected chi connectivity index (χ4v) is 8.14. The van der Waals surface area contributed by atoms with Gasteiger partial charge in [-0.15, -0.1) is 0 Å². The first-order chi connectivity index (χ1) is 15.7. The molecule has 1 N–H and O–H groups in total. The van der Waals surface area contributed by atoms with Gasteiger partial charge >= 0.3 is 0 Å². The minimum absolute atomic E-state index is 0.0690. The Labute approximate surface area is 196 Å². The van der Waals surface area contributed by atoms with Crippen molar-refractivity contribution in [2.45, 2.75) is 69.6 Å². The van der Waals surface area contributed by atoms with Crippen molar-refractivity contribution < 1.29 is 26.7 Å². The molecule has 4 rings (SSSR count). The summed E-state index contributed by atoms with van der Waals surface area (Å²) in [5.74, 6) is 0.322. The van der Waals surface area contributed by atoms with Crippen molar-refractivity contribution in [2.75, 3.05) is 15.8 Å². The summed E-state index contributed by atoms with van der Waals surface area (Å²) in [6.45, 7) is 3.66. The molecule has 0 saturated carbocycles. The second-order valence-electron chi connectivity index (χ2n) is 8.79. The van der Waals surface area contributed by atoms with Crippen molar-refractivity contribution in [3.05, 3.63) is 53.1 Å². The van der Waals surface area contributed by atoms with E-state index in [9.17, 15) is 21.9 Å². The number of benzene rings is 2. The van der Waals surface area contributed by atoms with Gasteiger partial charge in [-0.3, -0.25) is 4.31 Å². The first-order valence-electron chi connectivity index (χ1n) is 11.5. The topological polar surface area (TPSA) is 101 Å². The van der Waals surface area contributed by atoms with Gasteiger partial charge < -0.3 is 9.84 Å². The van der Waals surface area contributed by atoms with E-state index in [-0.39, 0.29) is 22.4 Å². The molecular weight excluding hydrogens is 462 g/mol. The first kappa shape index (κ1) is 24.0. The quantitative estimate of drug-likeness (QED) is 0.636. The number of hydrogen-bond donors (Lipinski definition) is 1. The Bertz CT molecular complexity index is 1240. The predicted octanol–water partition coefficient (Wildman–Crippen LogP) is 3.23. The highest BCUT2D eigenvalue weighted by molar-refractivity contribution is 7.93. The van der Waals surface area contributed by atoms with E-state index in [2.05, 4.69) is 13.0 Å². The molecule has 33 heavy (non-hydrogen) atoms. The van der Waals surface area contributed by atoms with Gasteiger partial charge in [-0.05, 0) is 67.5 Å². The van der Waals surface area contributed by atoms with Gasteiger partial charge in [0.15, 0.2) is 9.84 Å². The Balaban J connectivity index is 1.69. The summed E-state index contributed by atoms with van der Waals surface area (Å²) in [5.41, 5.74) is 3.26. The van der Waals surface area contributed by atoms with Gasteiger partial charge in [-0.25, -0.2) is 16.8 Å². The zero-order valence-corrected chi connectivity index (χ0v) is 20.7. The Morgan fingerprint density at radius 1 is 1.12 bits per heavy atom. The molecule has 0 spiro atoms. The number of fused-ring (bicyclic) bond motifs is 1. The lowest BCUT2D eigenvalue weighted by molar-refractivity contribution is 0.215. The van der Waals surface area contributed by atoms with Crippen LogP contribution in [0.2, 0.25) is 0 Å².